The highest BCUT2D eigenvalue weighted by Crippen LogP contribution is 2.29. The molecular weight excluding hydrogens is 288 g/mol. The SMILES string of the molecule is CCc1occc1C(=O)c1cc(Br)c(C)s1. The number of carbonyl (C=O) groups excluding carboxylic acids is 1. The van der Waals surface area contributed by atoms with Gasteiger partial charge in [-0.05, 0) is 35.0 Å². The van der Waals surface area contributed by atoms with E-state index in [4.69, 9.17) is 4.42 Å². The van der Waals surface area contributed by atoms with Crippen LogP contribution in [0.4, 0.5) is 0 Å². The first-order chi connectivity index (χ1) is 7.63. The van der Waals surface area contributed by atoms with Gasteiger partial charge in [0.1, 0.15) is 5.76 Å². The molecule has 0 saturated heterocycles. The molecule has 0 saturated carbocycles. The third kappa shape index (κ3) is 1.99. The Morgan fingerprint density at radius 3 is 2.88 bits per heavy atom. The molecule has 0 aliphatic heterocycles. The number of aryl methyl sites for hydroxylation is 2. The molecule has 2 nitrogen and oxygen atoms in total. The lowest BCUT2D eigenvalue weighted by molar-refractivity contribution is 0.104. The maximum Gasteiger partial charge on any atom is 0.206 e. The van der Waals surface area contributed by atoms with Crippen LogP contribution >= 0.6 is 27.3 Å². The van der Waals surface area contributed by atoms with E-state index >= 15 is 0 Å². The molecular formula is C12H11BrO2S. The van der Waals surface area contributed by atoms with E-state index in [2.05, 4.69) is 15.9 Å². The Kier molecular flexibility index (Phi) is 3.30. The minimum Gasteiger partial charge on any atom is -0.469 e. The van der Waals surface area contributed by atoms with Crippen molar-refractivity contribution in [1.29, 1.82) is 0 Å². The van der Waals surface area contributed by atoms with Crippen LogP contribution in [0.3, 0.4) is 0 Å². The Morgan fingerprint density at radius 2 is 2.31 bits per heavy atom. The maximum absolute atomic E-state index is 12.2. The van der Waals surface area contributed by atoms with Gasteiger partial charge in [-0.2, -0.15) is 0 Å². The highest BCUT2D eigenvalue weighted by molar-refractivity contribution is 9.10. The topological polar surface area (TPSA) is 30.2 Å². The summed E-state index contributed by atoms with van der Waals surface area (Å²) in [6.07, 6.45) is 2.31. The minimum absolute atomic E-state index is 0.0457. The summed E-state index contributed by atoms with van der Waals surface area (Å²) >= 11 is 4.92. The molecule has 0 atom stereocenters. The second kappa shape index (κ2) is 4.55. The van der Waals surface area contributed by atoms with Gasteiger partial charge in [-0.3, -0.25) is 4.79 Å². The van der Waals surface area contributed by atoms with Crippen molar-refractivity contribution in [2.24, 2.45) is 0 Å². The summed E-state index contributed by atoms with van der Waals surface area (Å²) in [7, 11) is 0. The number of hydrogen-bond donors (Lipinski definition) is 0. The van der Waals surface area contributed by atoms with E-state index in [1.165, 1.54) is 11.3 Å². The van der Waals surface area contributed by atoms with E-state index in [0.29, 0.717) is 5.56 Å². The van der Waals surface area contributed by atoms with Crippen molar-refractivity contribution >= 4 is 33.0 Å². The van der Waals surface area contributed by atoms with Gasteiger partial charge in [-0.25, -0.2) is 0 Å². The Bertz CT molecular complexity index is 505. The lowest BCUT2D eigenvalue weighted by atomic mass is 10.1. The Labute approximate surface area is 106 Å². The van der Waals surface area contributed by atoms with Gasteiger partial charge in [0.2, 0.25) is 5.78 Å². The molecule has 0 N–H and O–H groups in total. The average molecular weight is 299 g/mol. The first-order valence-corrected chi connectivity index (χ1v) is 6.61. The van der Waals surface area contributed by atoms with Gasteiger partial charge in [-0.1, -0.05) is 6.92 Å². The number of ketones is 1. The van der Waals surface area contributed by atoms with Crippen LogP contribution < -0.4 is 0 Å². The molecule has 2 aromatic rings. The largest absolute Gasteiger partial charge is 0.469 e. The number of rotatable bonds is 3. The molecule has 0 aliphatic carbocycles. The predicted molar refractivity (Wildman–Crippen MR) is 68.3 cm³/mol. The van der Waals surface area contributed by atoms with Gasteiger partial charge in [-0.15, -0.1) is 11.3 Å². The van der Waals surface area contributed by atoms with Crippen molar-refractivity contribution < 1.29 is 9.21 Å². The van der Waals surface area contributed by atoms with Gasteiger partial charge >= 0.3 is 0 Å². The molecule has 0 radical (unpaired) electrons. The second-order valence-corrected chi connectivity index (χ2v) is 5.57. The van der Waals surface area contributed by atoms with E-state index in [1.807, 2.05) is 19.9 Å². The number of thiophene rings is 1. The highest BCUT2D eigenvalue weighted by atomic mass is 79.9. The third-order valence-corrected chi connectivity index (χ3v) is 4.53. The van der Waals surface area contributed by atoms with E-state index in [-0.39, 0.29) is 5.78 Å². The van der Waals surface area contributed by atoms with E-state index < -0.39 is 0 Å². The van der Waals surface area contributed by atoms with Crippen molar-refractivity contribution in [1.82, 2.24) is 0 Å². The fraction of sp³-hybridized carbons (Fsp3) is 0.250. The summed E-state index contributed by atoms with van der Waals surface area (Å²) < 4.78 is 6.25. The van der Waals surface area contributed by atoms with Crippen molar-refractivity contribution in [3.05, 3.63) is 43.9 Å². The van der Waals surface area contributed by atoms with Crippen LogP contribution in [-0.4, -0.2) is 5.78 Å². The van der Waals surface area contributed by atoms with Crippen LogP contribution in [-0.2, 0) is 6.42 Å². The molecule has 2 aromatic heterocycles. The van der Waals surface area contributed by atoms with Gasteiger partial charge in [0.05, 0.1) is 16.7 Å². The summed E-state index contributed by atoms with van der Waals surface area (Å²) in [5.74, 6) is 0.802. The van der Waals surface area contributed by atoms with Crippen LogP contribution in [0.15, 0.2) is 27.3 Å². The lowest BCUT2D eigenvalue weighted by Gasteiger charge is -1.96. The summed E-state index contributed by atoms with van der Waals surface area (Å²) in [5.41, 5.74) is 0.677. The summed E-state index contributed by atoms with van der Waals surface area (Å²) in [6.45, 7) is 3.97. The van der Waals surface area contributed by atoms with Gasteiger partial charge < -0.3 is 4.42 Å². The van der Waals surface area contributed by atoms with Crippen molar-refractivity contribution in [3.63, 3.8) is 0 Å². The van der Waals surface area contributed by atoms with Crippen molar-refractivity contribution in [2.45, 2.75) is 20.3 Å². The van der Waals surface area contributed by atoms with E-state index in [0.717, 1.165) is 26.4 Å². The predicted octanol–water partition coefficient (Wildman–Crippen LogP) is 4.21. The first kappa shape index (κ1) is 11.6. The van der Waals surface area contributed by atoms with Crippen LogP contribution in [0.2, 0.25) is 0 Å². The third-order valence-electron chi connectivity index (χ3n) is 2.39. The first-order valence-electron chi connectivity index (χ1n) is 5.00. The van der Waals surface area contributed by atoms with Gasteiger partial charge in [0.15, 0.2) is 0 Å². The number of hydrogen-bond acceptors (Lipinski definition) is 3. The van der Waals surface area contributed by atoms with E-state index in [9.17, 15) is 4.79 Å². The molecule has 4 heteroatoms. The molecule has 0 bridgehead atoms. The zero-order valence-electron chi connectivity index (χ0n) is 9.04. The molecule has 0 unspecified atom stereocenters. The molecule has 0 aliphatic rings. The van der Waals surface area contributed by atoms with Crippen molar-refractivity contribution in [3.8, 4) is 0 Å². The molecule has 0 amide bonds. The average Bonchev–Trinajstić information content (AvgIpc) is 2.85. The standard InChI is InChI=1S/C12H11BrO2S/c1-3-10-8(4-5-15-10)12(14)11-6-9(13)7(2)16-11/h4-6H,3H2,1-2H3. The molecule has 2 heterocycles. The Balaban J connectivity index is 2.39. The summed E-state index contributed by atoms with van der Waals surface area (Å²) in [5, 5.41) is 0. The molecule has 84 valence electrons. The normalized spacial score (nSPS) is 10.7. The number of halogens is 1. The van der Waals surface area contributed by atoms with Crippen LogP contribution in [0.1, 0.15) is 32.8 Å². The zero-order chi connectivity index (χ0) is 11.7. The number of carbonyl (C=O) groups is 1. The quantitative estimate of drug-likeness (QED) is 0.795. The smallest absolute Gasteiger partial charge is 0.206 e. The molecule has 0 aromatic carbocycles. The molecule has 16 heavy (non-hydrogen) atoms. The maximum atomic E-state index is 12.2. The number of furan rings is 1. The fourth-order valence-corrected chi connectivity index (χ4v) is 3.01. The molecule has 2 rings (SSSR count). The Hall–Kier alpha value is -0.870. The van der Waals surface area contributed by atoms with Gasteiger partial charge in [0.25, 0.3) is 0 Å². The summed E-state index contributed by atoms with van der Waals surface area (Å²) in [4.78, 5) is 14.0. The molecule has 0 fully saturated rings. The second-order valence-electron chi connectivity index (χ2n) is 3.45. The van der Waals surface area contributed by atoms with Gasteiger partial charge in [0, 0.05) is 15.8 Å². The zero-order valence-corrected chi connectivity index (χ0v) is 11.4. The van der Waals surface area contributed by atoms with Crippen LogP contribution in [0, 0.1) is 6.92 Å². The van der Waals surface area contributed by atoms with E-state index in [1.54, 1.807) is 12.3 Å². The van der Waals surface area contributed by atoms with Crippen LogP contribution in [0.25, 0.3) is 0 Å². The minimum atomic E-state index is 0.0457. The Morgan fingerprint density at radius 1 is 1.56 bits per heavy atom. The molecule has 0 spiro atoms. The monoisotopic (exact) mass is 298 g/mol. The lowest BCUT2D eigenvalue weighted by Crippen LogP contribution is -1.99. The fourth-order valence-electron chi connectivity index (χ4n) is 1.52. The van der Waals surface area contributed by atoms with Crippen molar-refractivity contribution in [2.75, 3.05) is 0 Å². The van der Waals surface area contributed by atoms with Crippen LogP contribution in [0.5, 0.6) is 0 Å². The summed E-state index contributed by atoms with van der Waals surface area (Å²) in [6, 6.07) is 3.61. The highest BCUT2D eigenvalue weighted by Gasteiger charge is 2.18.